The van der Waals surface area contributed by atoms with Gasteiger partial charge in [0.1, 0.15) is 0 Å². The van der Waals surface area contributed by atoms with Crippen LogP contribution in [0, 0.1) is 5.41 Å². The van der Waals surface area contributed by atoms with E-state index in [0.717, 1.165) is 5.69 Å². The number of nitrogens with two attached hydrogens (primary N) is 1. The lowest BCUT2D eigenvalue weighted by Gasteiger charge is -2.31. The van der Waals surface area contributed by atoms with Gasteiger partial charge >= 0.3 is 0 Å². The highest BCUT2D eigenvalue weighted by atomic mass is 28.3. The zero-order valence-corrected chi connectivity index (χ0v) is 11.7. The summed E-state index contributed by atoms with van der Waals surface area (Å²) in [6.07, 6.45) is 1.73. The van der Waals surface area contributed by atoms with Gasteiger partial charge in [-0.2, -0.15) is 0 Å². The zero-order valence-electron chi connectivity index (χ0n) is 10.7. The fourth-order valence-corrected chi connectivity index (χ4v) is 2.43. The molecule has 1 rings (SSSR count). The molecule has 0 saturated carbocycles. The van der Waals surface area contributed by atoms with Gasteiger partial charge in [-0.25, -0.2) is 0 Å². The van der Waals surface area contributed by atoms with Gasteiger partial charge in [0.2, 0.25) is 9.04 Å². The molecule has 1 atom stereocenters. The van der Waals surface area contributed by atoms with Gasteiger partial charge in [0, 0.05) is 0 Å². The van der Waals surface area contributed by atoms with E-state index in [2.05, 4.69) is 38.8 Å². The Labute approximate surface area is 99.8 Å². The van der Waals surface area contributed by atoms with Gasteiger partial charge in [0.25, 0.3) is 0 Å². The van der Waals surface area contributed by atoms with Crippen LogP contribution in [0.5, 0.6) is 0 Å². The molecule has 1 aromatic rings. The number of anilines is 1. The first kappa shape index (κ1) is 13.2. The molecule has 0 spiro atoms. The van der Waals surface area contributed by atoms with E-state index in [1.807, 2.05) is 12.1 Å². The lowest BCUT2D eigenvalue weighted by atomic mass is 9.87. The largest absolute Gasteiger partial charge is 0.408 e. The minimum atomic E-state index is -0.744. The summed E-state index contributed by atoms with van der Waals surface area (Å²) >= 11 is 0. The number of rotatable bonds is 3. The fraction of sp³-hybridized carbons (Fsp3) is 0.583. The third-order valence-corrected chi connectivity index (χ3v) is 2.93. The molecule has 0 bridgehead atoms. The van der Waals surface area contributed by atoms with Crippen LogP contribution in [-0.2, 0) is 4.43 Å². The Hall–Kier alpha value is -0.873. The van der Waals surface area contributed by atoms with E-state index >= 15 is 0 Å². The normalized spacial score (nSPS) is 14.1. The Morgan fingerprint density at radius 1 is 1.31 bits per heavy atom. The first-order valence-electron chi connectivity index (χ1n) is 5.49. The van der Waals surface area contributed by atoms with Crippen LogP contribution < -0.4 is 5.73 Å². The molecule has 2 N–H and O–H groups in total. The molecule has 1 unspecified atom stereocenters. The SMILES string of the molecule is C[Si](C)OC(c1ccc(N)cn1)C(C)(C)C. The summed E-state index contributed by atoms with van der Waals surface area (Å²) in [7, 11) is -0.744. The first-order valence-corrected chi connectivity index (χ1v) is 7.90. The maximum atomic E-state index is 6.04. The lowest BCUT2D eigenvalue weighted by Crippen LogP contribution is -2.26. The minimum absolute atomic E-state index is 0.0389. The fourth-order valence-electron chi connectivity index (χ4n) is 1.49. The van der Waals surface area contributed by atoms with Gasteiger partial charge in [0.05, 0.1) is 23.7 Å². The van der Waals surface area contributed by atoms with Crippen LogP contribution >= 0.6 is 0 Å². The maximum absolute atomic E-state index is 6.04. The molecule has 0 saturated heterocycles. The second-order valence-corrected chi connectivity index (χ2v) is 7.34. The van der Waals surface area contributed by atoms with E-state index in [-0.39, 0.29) is 11.5 Å². The summed E-state index contributed by atoms with van der Waals surface area (Å²) in [6.45, 7) is 10.8. The Morgan fingerprint density at radius 3 is 2.31 bits per heavy atom. The second kappa shape index (κ2) is 4.97. The van der Waals surface area contributed by atoms with Crippen LogP contribution in [0.2, 0.25) is 13.1 Å². The number of pyridine rings is 1. The number of nitrogen functional groups attached to an aromatic ring is 1. The smallest absolute Gasteiger partial charge is 0.205 e. The second-order valence-electron chi connectivity index (χ2n) is 5.29. The summed E-state index contributed by atoms with van der Waals surface area (Å²) < 4.78 is 6.04. The standard InChI is InChI=1S/C12H21N2OSi/c1-12(2,3)11(15-16(4)5)10-7-6-9(13)8-14-10/h6-8,11H,13H2,1-5H3. The Bertz CT molecular complexity index is 330. The Morgan fingerprint density at radius 2 is 1.94 bits per heavy atom. The van der Waals surface area contributed by atoms with E-state index in [1.165, 1.54) is 0 Å². The van der Waals surface area contributed by atoms with E-state index in [4.69, 9.17) is 10.2 Å². The van der Waals surface area contributed by atoms with Gasteiger partial charge in [-0.15, -0.1) is 0 Å². The third-order valence-electron chi connectivity index (χ3n) is 2.22. The molecule has 1 heterocycles. The van der Waals surface area contributed by atoms with Crippen molar-refractivity contribution in [1.82, 2.24) is 4.98 Å². The van der Waals surface area contributed by atoms with Crippen LogP contribution in [-0.4, -0.2) is 14.0 Å². The molecule has 0 fully saturated rings. The van der Waals surface area contributed by atoms with E-state index < -0.39 is 9.04 Å². The van der Waals surface area contributed by atoms with Gasteiger partial charge in [-0.3, -0.25) is 4.98 Å². The van der Waals surface area contributed by atoms with E-state index in [9.17, 15) is 0 Å². The number of aromatic nitrogens is 1. The van der Waals surface area contributed by atoms with Crippen molar-refractivity contribution in [2.75, 3.05) is 5.73 Å². The topological polar surface area (TPSA) is 48.1 Å². The molecule has 0 aliphatic carbocycles. The van der Waals surface area contributed by atoms with Crippen molar-refractivity contribution >= 4 is 14.7 Å². The van der Waals surface area contributed by atoms with Gasteiger partial charge in [-0.1, -0.05) is 20.8 Å². The summed E-state index contributed by atoms with van der Waals surface area (Å²) in [5, 5.41) is 0. The molecular weight excluding hydrogens is 216 g/mol. The highest BCUT2D eigenvalue weighted by molar-refractivity contribution is 6.48. The van der Waals surface area contributed by atoms with Gasteiger partial charge < -0.3 is 10.2 Å². The van der Waals surface area contributed by atoms with Crippen LogP contribution in [0.4, 0.5) is 5.69 Å². The molecule has 0 aliphatic heterocycles. The Kier molecular flexibility index (Phi) is 4.10. The van der Waals surface area contributed by atoms with Crippen molar-refractivity contribution in [3.8, 4) is 0 Å². The molecule has 4 heteroatoms. The molecule has 3 nitrogen and oxygen atoms in total. The van der Waals surface area contributed by atoms with E-state index in [0.29, 0.717) is 5.69 Å². The summed E-state index contributed by atoms with van der Waals surface area (Å²) in [5.74, 6) is 0. The maximum Gasteiger partial charge on any atom is 0.205 e. The van der Waals surface area contributed by atoms with Crippen molar-refractivity contribution in [2.45, 2.75) is 40.0 Å². The third kappa shape index (κ3) is 3.61. The van der Waals surface area contributed by atoms with Crippen molar-refractivity contribution in [3.05, 3.63) is 24.0 Å². The summed E-state index contributed by atoms with van der Waals surface area (Å²) in [4.78, 5) is 4.36. The predicted octanol–water partition coefficient (Wildman–Crippen LogP) is 3.02. The predicted molar refractivity (Wildman–Crippen MR) is 69.4 cm³/mol. The molecule has 89 valence electrons. The highest BCUT2D eigenvalue weighted by Crippen LogP contribution is 2.35. The average Bonchev–Trinajstić information content (AvgIpc) is 2.14. The molecule has 1 radical (unpaired) electrons. The number of hydrogen-bond acceptors (Lipinski definition) is 3. The van der Waals surface area contributed by atoms with Gasteiger partial charge in [0.15, 0.2) is 0 Å². The first-order chi connectivity index (χ1) is 7.30. The quantitative estimate of drug-likeness (QED) is 0.822. The van der Waals surface area contributed by atoms with Crippen molar-refractivity contribution in [3.63, 3.8) is 0 Å². The van der Waals surface area contributed by atoms with Crippen LogP contribution in [0.3, 0.4) is 0 Å². The highest BCUT2D eigenvalue weighted by Gasteiger charge is 2.29. The van der Waals surface area contributed by atoms with Crippen LogP contribution in [0.25, 0.3) is 0 Å². The summed E-state index contributed by atoms with van der Waals surface area (Å²) in [5.41, 5.74) is 7.34. The Balaban J connectivity index is 2.97. The number of hydrogen-bond donors (Lipinski definition) is 1. The van der Waals surface area contributed by atoms with Crippen LogP contribution in [0.15, 0.2) is 18.3 Å². The molecule has 0 aromatic carbocycles. The molecular formula is C12H21N2OSi. The van der Waals surface area contributed by atoms with E-state index in [1.54, 1.807) is 6.20 Å². The summed E-state index contributed by atoms with van der Waals surface area (Å²) in [6, 6.07) is 3.83. The van der Waals surface area contributed by atoms with Crippen LogP contribution in [0.1, 0.15) is 32.6 Å². The minimum Gasteiger partial charge on any atom is -0.408 e. The lowest BCUT2D eigenvalue weighted by molar-refractivity contribution is 0.0827. The molecule has 1 aromatic heterocycles. The number of nitrogens with zero attached hydrogens (tertiary/aromatic N) is 1. The molecule has 0 aliphatic rings. The van der Waals surface area contributed by atoms with Crippen molar-refractivity contribution in [2.24, 2.45) is 5.41 Å². The van der Waals surface area contributed by atoms with Crippen molar-refractivity contribution in [1.29, 1.82) is 0 Å². The monoisotopic (exact) mass is 237 g/mol. The average molecular weight is 237 g/mol. The molecule has 16 heavy (non-hydrogen) atoms. The van der Waals surface area contributed by atoms with Gasteiger partial charge in [-0.05, 0) is 30.6 Å². The molecule has 0 amide bonds. The van der Waals surface area contributed by atoms with Crippen molar-refractivity contribution < 1.29 is 4.43 Å². The zero-order chi connectivity index (χ0) is 12.3.